The van der Waals surface area contributed by atoms with Crippen molar-refractivity contribution in [2.75, 3.05) is 5.73 Å². The topological polar surface area (TPSA) is 93.8 Å². The number of aromatic nitrogens is 3. The molecule has 0 saturated heterocycles. The molecule has 0 aliphatic carbocycles. The summed E-state index contributed by atoms with van der Waals surface area (Å²) >= 11 is 2.77. The molecule has 21 heavy (non-hydrogen) atoms. The number of hydrogen-bond acceptors (Lipinski definition) is 7. The van der Waals surface area contributed by atoms with E-state index in [1.165, 1.54) is 22.7 Å². The molecule has 1 atom stereocenters. The van der Waals surface area contributed by atoms with E-state index in [0.717, 1.165) is 10.7 Å². The third-order valence-corrected chi connectivity index (χ3v) is 5.17. The van der Waals surface area contributed by atoms with Crippen molar-refractivity contribution >= 4 is 44.6 Å². The number of rotatable bonds is 3. The SMILES string of the molecule is Cc1csc(C(C)NC(=O)c2sc3nccnc3c2N)n1. The first-order valence-electron chi connectivity index (χ1n) is 6.28. The summed E-state index contributed by atoms with van der Waals surface area (Å²) in [6.07, 6.45) is 3.15. The highest BCUT2D eigenvalue weighted by Gasteiger charge is 2.20. The number of nitrogens with one attached hydrogen (secondary N) is 1. The fourth-order valence-electron chi connectivity index (χ4n) is 1.91. The summed E-state index contributed by atoms with van der Waals surface area (Å²) in [4.78, 5) is 26.2. The van der Waals surface area contributed by atoms with Crippen molar-refractivity contribution < 1.29 is 4.79 Å². The molecule has 0 saturated carbocycles. The van der Waals surface area contributed by atoms with E-state index in [4.69, 9.17) is 5.73 Å². The van der Waals surface area contributed by atoms with Crippen molar-refractivity contribution in [1.82, 2.24) is 20.3 Å². The van der Waals surface area contributed by atoms with Crippen LogP contribution < -0.4 is 11.1 Å². The van der Waals surface area contributed by atoms with E-state index >= 15 is 0 Å². The van der Waals surface area contributed by atoms with E-state index in [9.17, 15) is 4.79 Å². The molecule has 0 bridgehead atoms. The molecule has 1 amide bonds. The number of anilines is 1. The van der Waals surface area contributed by atoms with Crippen LogP contribution in [0.4, 0.5) is 5.69 Å². The Morgan fingerprint density at radius 3 is 2.81 bits per heavy atom. The molecule has 0 aliphatic rings. The quantitative estimate of drug-likeness (QED) is 0.773. The normalized spacial score (nSPS) is 12.5. The van der Waals surface area contributed by atoms with Crippen LogP contribution in [0.5, 0.6) is 0 Å². The molecular formula is C13H13N5OS2. The summed E-state index contributed by atoms with van der Waals surface area (Å²) in [5, 5.41) is 5.74. The van der Waals surface area contributed by atoms with E-state index < -0.39 is 0 Å². The zero-order chi connectivity index (χ0) is 15.0. The molecule has 0 spiro atoms. The van der Waals surface area contributed by atoms with E-state index in [1.807, 2.05) is 19.2 Å². The summed E-state index contributed by atoms with van der Waals surface area (Å²) in [7, 11) is 0. The smallest absolute Gasteiger partial charge is 0.264 e. The highest BCUT2D eigenvalue weighted by molar-refractivity contribution is 7.21. The minimum atomic E-state index is -0.224. The maximum absolute atomic E-state index is 12.4. The Hall–Kier alpha value is -2.06. The monoisotopic (exact) mass is 319 g/mol. The number of hydrogen-bond donors (Lipinski definition) is 2. The molecule has 3 N–H and O–H groups in total. The van der Waals surface area contributed by atoms with Gasteiger partial charge in [-0.15, -0.1) is 22.7 Å². The lowest BCUT2D eigenvalue weighted by Gasteiger charge is -2.10. The first-order chi connectivity index (χ1) is 10.1. The minimum Gasteiger partial charge on any atom is -0.396 e. The predicted molar refractivity (Wildman–Crippen MR) is 84.6 cm³/mol. The van der Waals surface area contributed by atoms with Crippen LogP contribution in [0.15, 0.2) is 17.8 Å². The molecule has 0 radical (unpaired) electrons. The molecule has 1 unspecified atom stereocenters. The average molecular weight is 319 g/mol. The second-order valence-corrected chi connectivity index (χ2v) is 6.47. The third-order valence-electron chi connectivity index (χ3n) is 2.92. The maximum Gasteiger partial charge on any atom is 0.264 e. The third kappa shape index (κ3) is 2.59. The summed E-state index contributed by atoms with van der Waals surface area (Å²) in [5.74, 6) is -0.224. The number of aryl methyl sites for hydroxylation is 1. The molecule has 108 valence electrons. The Bertz CT molecular complexity index is 810. The number of nitrogens with zero attached hydrogens (tertiary/aromatic N) is 3. The van der Waals surface area contributed by atoms with Crippen molar-refractivity contribution in [2.24, 2.45) is 0 Å². The molecule has 3 aromatic heterocycles. The van der Waals surface area contributed by atoms with Crippen molar-refractivity contribution in [3.63, 3.8) is 0 Å². The molecule has 0 aliphatic heterocycles. The van der Waals surface area contributed by atoms with Crippen LogP contribution in [0.1, 0.15) is 33.3 Å². The van der Waals surface area contributed by atoms with Crippen LogP contribution >= 0.6 is 22.7 Å². The van der Waals surface area contributed by atoms with Gasteiger partial charge in [0.05, 0.1) is 11.7 Å². The summed E-state index contributed by atoms with van der Waals surface area (Å²) in [6, 6.07) is -0.165. The van der Waals surface area contributed by atoms with Gasteiger partial charge in [-0.2, -0.15) is 0 Å². The molecule has 8 heteroatoms. The number of carbonyl (C=O) groups is 1. The maximum atomic E-state index is 12.4. The van der Waals surface area contributed by atoms with Crippen molar-refractivity contribution in [3.05, 3.63) is 33.4 Å². The molecular weight excluding hydrogens is 306 g/mol. The lowest BCUT2D eigenvalue weighted by molar-refractivity contribution is 0.0945. The van der Waals surface area contributed by atoms with Gasteiger partial charge in [-0.3, -0.25) is 4.79 Å². The van der Waals surface area contributed by atoms with Crippen molar-refractivity contribution in [2.45, 2.75) is 19.9 Å². The van der Waals surface area contributed by atoms with Crippen LogP contribution in [-0.4, -0.2) is 20.9 Å². The number of nitrogens with two attached hydrogens (primary N) is 1. The van der Waals surface area contributed by atoms with Gasteiger partial charge >= 0.3 is 0 Å². The number of thiazole rings is 1. The Kier molecular flexibility index (Phi) is 3.56. The minimum absolute atomic E-state index is 0.165. The standard InChI is InChI=1S/C13H13N5OS2/c1-6-5-20-12(17-6)7(2)18-11(19)10-8(14)9-13(21-10)16-4-3-15-9/h3-5,7H,14H2,1-2H3,(H,18,19). The second kappa shape index (κ2) is 5.38. The number of thiophene rings is 1. The van der Waals surface area contributed by atoms with Crippen molar-refractivity contribution in [3.8, 4) is 0 Å². The Balaban J connectivity index is 1.85. The molecule has 3 heterocycles. The first-order valence-corrected chi connectivity index (χ1v) is 7.97. The van der Waals surface area contributed by atoms with Crippen LogP contribution in [-0.2, 0) is 0 Å². The number of carbonyl (C=O) groups excluding carboxylic acids is 1. The van der Waals surface area contributed by atoms with Crippen molar-refractivity contribution in [1.29, 1.82) is 0 Å². The van der Waals surface area contributed by atoms with Gasteiger partial charge < -0.3 is 11.1 Å². The van der Waals surface area contributed by atoms with Gasteiger partial charge in [-0.25, -0.2) is 15.0 Å². The summed E-state index contributed by atoms with van der Waals surface area (Å²) < 4.78 is 0. The number of fused-ring (bicyclic) bond motifs is 1. The highest BCUT2D eigenvalue weighted by Crippen LogP contribution is 2.30. The van der Waals surface area contributed by atoms with Gasteiger partial charge in [0.25, 0.3) is 5.91 Å². The van der Waals surface area contributed by atoms with E-state index in [2.05, 4.69) is 20.3 Å². The van der Waals surface area contributed by atoms with Gasteiger partial charge in [0, 0.05) is 23.5 Å². The molecule has 0 aromatic carbocycles. The van der Waals surface area contributed by atoms with Crippen LogP contribution in [0.3, 0.4) is 0 Å². The lowest BCUT2D eigenvalue weighted by atomic mass is 10.3. The average Bonchev–Trinajstić information content (AvgIpc) is 3.04. The molecule has 0 fully saturated rings. The largest absolute Gasteiger partial charge is 0.396 e. The number of amides is 1. The molecule has 6 nitrogen and oxygen atoms in total. The van der Waals surface area contributed by atoms with Gasteiger partial charge in [-0.05, 0) is 13.8 Å². The van der Waals surface area contributed by atoms with E-state index in [-0.39, 0.29) is 11.9 Å². The van der Waals surface area contributed by atoms with Gasteiger partial charge in [0.2, 0.25) is 0 Å². The zero-order valence-corrected chi connectivity index (χ0v) is 13.1. The van der Waals surface area contributed by atoms with Gasteiger partial charge in [0.15, 0.2) is 0 Å². The fourth-order valence-corrected chi connectivity index (χ4v) is 3.64. The van der Waals surface area contributed by atoms with Crippen LogP contribution in [0.25, 0.3) is 10.3 Å². The van der Waals surface area contributed by atoms with Crippen LogP contribution in [0, 0.1) is 6.92 Å². The Morgan fingerprint density at radius 1 is 1.38 bits per heavy atom. The second-order valence-electron chi connectivity index (χ2n) is 4.58. The number of nitrogen functional groups attached to an aromatic ring is 1. The van der Waals surface area contributed by atoms with Crippen LogP contribution in [0.2, 0.25) is 0 Å². The molecule has 3 aromatic rings. The predicted octanol–water partition coefficient (Wildman–Crippen LogP) is 2.53. The fraction of sp³-hybridized carbons (Fsp3) is 0.231. The Labute approximate surface area is 129 Å². The molecule has 3 rings (SSSR count). The highest BCUT2D eigenvalue weighted by atomic mass is 32.1. The van der Waals surface area contributed by atoms with E-state index in [0.29, 0.717) is 20.9 Å². The first kappa shape index (κ1) is 13.9. The van der Waals surface area contributed by atoms with Gasteiger partial charge in [0.1, 0.15) is 20.2 Å². The summed E-state index contributed by atoms with van der Waals surface area (Å²) in [5.41, 5.74) is 7.89. The van der Waals surface area contributed by atoms with E-state index in [1.54, 1.807) is 12.4 Å². The Morgan fingerprint density at radius 2 is 2.14 bits per heavy atom. The summed E-state index contributed by atoms with van der Waals surface area (Å²) in [6.45, 7) is 3.83. The zero-order valence-electron chi connectivity index (χ0n) is 11.5. The van der Waals surface area contributed by atoms with Gasteiger partial charge in [-0.1, -0.05) is 0 Å². The lowest BCUT2D eigenvalue weighted by Crippen LogP contribution is -2.26.